The lowest BCUT2D eigenvalue weighted by molar-refractivity contribution is 0.0527. The van der Waals surface area contributed by atoms with Gasteiger partial charge in [-0.1, -0.05) is 13.3 Å². The topological polar surface area (TPSA) is 84.0 Å². The van der Waals surface area contributed by atoms with Crippen LogP contribution in [-0.4, -0.2) is 57.5 Å². The van der Waals surface area contributed by atoms with Crippen molar-refractivity contribution in [3.05, 3.63) is 0 Å². The normalized spacial score (nSPS) is 11.5. The summed E-state index contributed by atoms with van der Waals surface area (Å²) in [6, 6.07) is 0. The zero-order valence-electron chi connectivity index (χ0n) is 16.4. The first kappa shape index (κ1) is 26.5. The number of carbonyl (C=O) groups excluding carboxylic acids is 1. The van der Waals surface area contributed by atoms with Crippen LogP contribution in [-0.2, 0) is 9.47 Å². The van der Waals surface area contributed by atoms with Gasteiger partial charge in [0.2, 0.25) is 0 Å². The summed E-state index contributed by atoms with van der Waals surface area (Å²) in [6.07, 6.45) is 3.64. The van der Waals surface area contributed by atoms with E-state index in [0.717, 1.165) is 57.9 Å². The summed E-state index contributed by atoms with van der Waals surface area (Å²) < 4.78 is 10.7. The van der Waals surface area contributed by atoms with Crippen molar-refractivity contribution < 1.29 is 14.3 Å². The third-order valence-electron chi connectivity index (χ3n) is 2.94. The van der Waals surface area contributed by atoms with E-state index in [4.69, 9.17) is 9.47 Å². The van der Waals surface area contributed by atoms with Gasteiger partial charge in [0, 0.05) is 39.9 Å². The third-order valence-corrected chi connectivity index (χ3v) is 2.94. The lowest BCUT2D eigenvalue weighted by Gasteiger charge is -2.19. The van der Waals surface area contributed by atoms with Crippen LogP contribution >= 0.6 is 24.0 Å². The predicted octanol–water partition coefficient (Wildman–Crippen LogP) is 2.89. The van der Waals surface area contributed by atoms with E-state index >= 15 is 0 Å². The lowest BCUT2D eigenvalue weighted by Crippen LogP contribution is -2.39. The Balaban J connectivity index is 0. The molecule has 0 rings (SSSR count). The van der Waals surface area contributed by atoms with Crippen LogP contribution in [0.25, 0.3) is 0 Å². The Morgan fingerprint density at radius 2 is 1.52 bits per heavy atom. The fourth-order valence-electron chi connectivity index (χ4n) is 1.75. The molecule has 0 aliphatic carbocycles. The van der Waals surface area contributed by atoms with E-state index in [-0.39, 0.29) is 30.1 Å². The van der Waals surface area contributed by atoms with Crippen LogP contribution in [0.2, 0.25) is 0 Å². The molecular formula is C17H37IN4O3. The highest BCUT2D eigenvalue weighted by molar-refractivity contribution is 14.0. The van der Waals surface area contributed by atoms with Crippen molar-refractivity contribution in [1.29, 1.82) is 0 Å². The van der Waals surface area contributed by atoms with Gasteiger partial charge < -0.3 is 25.4 Å². The van der Waals surface area contributed by atoms with Crippen LogP contribution in [0.1, 0.15) is 53.4 Å². The molecule has 0 aromatic carbocycles. The number of guanidine groups is 1. The largest absolute Gasteiger partial charge is 0.444 e. The maximum absolute atomic E-state index is 11.5. The Labute approximate surface area is 170 Å². The molecular weight excluding hydrogens is 435 g/mol. The van der Waals surface area contributed by atoms with Crippen molar-refractivity contribution in [2.24, 2.45) is 4.99 Å². The number of hydrogen-bond acceptors (Lipinski definition) is 4. The number of halogens is 1. The molecule has 0 unspecified atom stereocenters. The minimum Gasteiger partial charge on any atom is -0.444 e. The van der Waals surface area contributed by atoms with E-state index in [1.807, 2.05) is 20.8 Å². The van der Waals surface area contributed by atoms with Gasteiger partial charge in [-0.15, -0.1) is 24.0 Å². The van der Waals surface area contributed by atoms with E-state index in [9.17, 15) is 4.79 Å². The number of ether oxygens (including phenoxy) is 2. The SMILES string of the molecule is CCCCOCCCNC(=NC)NCCCNC(=O)OC(C)(C)C.I. The van der Waals surface area contributed by atoms with Gasteiger partial charge in [-0.3, -0.25) is 4.99 Å². The van der Waals surface area contributed by atoms with Crippen LogP contribution in [0.3, 0.4) is 0 Å². The van der Waals surface area contributed by atoms with Crippen LogP contribution in [0.5, 0.6) is 0 Å². The first-order chi connectivity index (χ1) is 11.4. The Morgan fingerprint density at radius 3 is 2.08 bits per heavy atom. The second kappa shape index (κ2) is 16.7. The van der Waals surface area contributed by atoms with Crippen molar-refractivity contribution in [3.63, 3.8) is 0 Å². The quantitative estimate of drug-likeness (QED) is 0.187. The number of hydrogen-bond donors (Lipinski definition) is 3. The molecule has 25 heavy (non-hydrogen) atoms. The summed E-state index contributed by atoms with van der Waals surface area (Å²) in [4.78, 5) is 15.6. The third kappa shape index (κ3) is 19.4. The Hall–Kier alpha value is -0.770. The summed E-state index contributed by atoms with van der Waals surface area (Å²) in [6.45, 7) is 11.4. The Bertz CT molecular complexity index is 360. The number of carbonyl (C=O) groups is 1. The minimum atomic E-state index is -0.464. The summed E-state index contributed by atoms with van der Waals surface area (Å²) in [7, 11) is 1.74. The number of unbranched alkanes of at least 4 members (excludes halogenated alkanes) is 1. The molecule has 0 aliphatic heterocycles. The van der Waals surface area contributed by atoms with Crippen molar-refractivity contribution in [2.75, 3.05) is 39.9 Å². The molecule has 1 amide bonds. The zero-order chi connectivity index (χ0) is 18.3. The molecule has 0 bridgehead atoms. The van der Waals surface area contributed by atoms with Crippen LogP contribution in [0, 0.1) is 0 Å². The van der Waals surface area contributed by atoms with E-state index in [0.29, 0.717) is 6.54 Å². The number of nitrogens with zero attached hydrogens (tertiary/aromatic N) is 1. The smallest absolute Gasteiger partial charge is 0.407 e. The highest BCUT2D eigenvalue weighted by atomic mass is 127. The number of alkyl carbamates (subject to hydrolysis) is 1. The molecule has 0 fully saturated rings. The van der Waals surface area contributed by atoms with Crippen LogP contribution < -0.4 is 16.0 Å². The van der Waals surface area contributed by atoms with Gasteiger partial charge in [-0.05, 0) is 40.0 Å². The minimum absolute atomic E-state index is 0. The molecule has 0 radical (unpaired) electrons. The highest BCUT2D eigenvalue weighted by Gasteiger charge is 2.15. The molecule has 0 aliphatic rings. The molecule has 3 N–H and O–H groups in total. The van der Waals surface area contributed by atoms with Gasteiger partial charge in [0.15, 0.2) is 5.96 Å². The second-order valence-electron chi connectivity index (χ2n) is 6.53. The Kier molecular flexibility index (Phi) is 17.7. The fourth-order valence-corrected chi connectivity index (χ4v) is 1.75. The number of aliphatic imine (C=N–C) groups is 1. The number of rotatable bonds is 11. The molecule has 0 atom stereocenters. The molecule has 0 heterocycles. The van der Waals surface area contributed by atoms with E-state index in [1.54, 1.807) is 7.05 Å². The fraction of sp³-hybridized carbons (Fsp3) is 0.882. The standard InChI is InChI=1S/C17H36N4O3.HI/c1-6-7-13-23-14-9-12-20-15(18-5)19-10-8-11-21-16(22)24-17(2,3)4;/h6-14H2,1-5H3,(H,21,22)(H2,18,19,20);1H. The predicted molar refractivity (Wildman–Crippen MR) is 114 cm³/mol. The van der Waals surface area contributed by atoms with E-state index < -0.39 is 5.60 Å². The first-order valence-electron chi connectivity index (χ1n) is 8.88. The number of nitrogens with one attached hydrogen (secondary N) is 3. The molecule has 0 spiro atoms. The summed E-state index contributed by atoms with van der Waals surface area (Å²) in [5.74, 6) is 0.765. The Morgan fingerprint density at radius 1 is 0.960 bits per heavy atom. The van der Waals surface area contributed by atoms with Crippen LogP contribution in [0.15, 0.2) is 4.99 Å². The first-order valence-corrected chi connectivity index (χ1v) is 8.88. The second-order valence-corrected chi connectivity index (χ2v) is 6.53. The lowest BCUT2D eigenvalue weighted by atomic mass is 10.2. The van der Waals surface area contributed by atoms with Gasteiger partial charge >= 0.3 is 6.09 Å². The monoisotopic (exact) mass is 472 g/mol. The average molecular weight is 472 g/mol. The van der Waals surface area contributed by atoms with Gasteiger partial charge in [-0.2, -0.15) is 0 Å². The molecule has 0 aromatic rings. The van der Waals surface area contributed by atoms with Crippen molar-refractivity contribution in [1.82, 2.24) is 16.0 Å². The molecule has 0 aromatic heterocycles. The van der Waals surface area contributed by atoms with Crippen molar-refractivity contribution >= 4 is 36.0 Å². The maximum atomic E-state index is 11.5. The zero-order valence-corrected chi connectivity index (χ0v) is 18.8. The maximum Gasteiger partial charge on any atom is 0.407 e. The van der Waals surface area contributed by atoms with Crippen molar-refractivity contribution in [2.45, 2.75) is 59.0 Å². The number of amides is 1. The molecule has 8 heteroatoms. The summed E-state index contributed by atoms with van der Waals surface area (Å²) in [5, 5.41) is 9.18. The molecule has 7 nitrogen and oxygen atoms in total. The average Bonchev–Trinajstić information content (AvgIpc) is 2.50. The van der Waals surface area contributed by atoms with Crippen molar-refractivity contribution in [3.8, 4) is 0 Å². The highest BCUT2D eigenvalue weighted by Crippen LogP contribution is 2.06. The van der Waals surface area contributed by atoms with Gasteiger partial charge in [0.1, 0.15) is 5.60 Å². The van der Waals surface area contributed by atoms with Gasteiger partial charge in [0.05, 0.1) is 0 Å². The molecule has 150 valence electrons. The van der Waals surface area contributed by atoms with E-state index in [2.05, 4.69) is 27.9 Å². The summed E-state index contributed by atoms with van der Waals surface area (Å²) >= 11 is 0. The van der Waals surface area contributed by atoms with Gasteiger partial charge in [0.25, 0.3) is 0 Å². The molecule has 0 saturated carbocycles. The van der Waals surface area contributed by atoms with Crippen LogP contribution in [0.4, 0.5) is 4.79 Å². The van der Waals surface area contributed by atoms with Gasteiger partial charge in [-0.25, -0.2) is 4.79 Å². The van der Waals surface area contributed by atoms with E-state index in [1.165, 1.54) is 0 Å². The summed E-state index contributed by atoms with van der Waals surface area (Å²) in [5.41, 5.74) is -0.464. The molecule has 0 saturated heterocycles.